The molecule has 1 fully saturated rings. The van der Waals surface area contributed by atoms with Crippen LogP contribution in [0, 0.1) is 5.92 Å². The lowest BCUT2D eigenvalue weighted by atomic mass is 9.78. The molecule has 1 atom stereocenters. The van der Waals surface area contributed by atoms with E-state index in [0.29, 0.717) is 17.7 Å². The van der Waals surface area contributed by atoms with E-state index >= 15 is 0 Å². The molecule has 5 heteroatoms. The summed E-state index contributed by atoms with van der Waals surface area (Å²) in [7, 11) is 5.14. The van der Waals surface area contributed by atoms with Crippen molar-refractivity contribution in [3.63, 3.8) is 0 Å². The smallest absolute Gasteiger partial charge is 0.240 e. The molecule has 0 bridgehead atoms. The van der Waals surface area contributed by atoms with E-state index in [1.807, 2.05) is 7.05 Å². The van der Waals surface area contributed by atoms with E-state index in [2.05, 4.69) is 15.3 Å². The molecule has 1 aliphatic carbocycles. The van der Waals surface area contributed by atoms with Crippen molar-refractivity contribution in [3.8, 4) is 11.8 Å². The quantitative estimate of drug-likeness (QED) is 0.842. The number of nitrogens with zero attached hydrogens (tertiary/aromatic N) is 2. The molecule has 1 aliphatic rings. The van der Waals surface area contributed by atoms with Crippen LogP contribution in [0.2, 0.25) is 0 Å². The first-order valence-electron chi connectivity index (χ1n) is 5.92. The van der Waals surface area contributed by atoms with Gasteiger partial charge in [-0.25, -0.2) is 4.98 Å². The molecule has 1 aromatic heterocycles. The molecule has 94 valence electrons. The molecule has 1 heterocycles. The highest BCUT2D eigenvalue weighted by atomic mass is 16.5. The van der Waals surface area contributed by atoms with Gasteiger partial charge in [-0.15, -0.1) is 0 Å². The fourth-order valence-corrected chi connectivity index (χ4v) is 2.20. The Hall–Kier alpha value is -1.36. The van der Waals surface area contributed by atoms with Crippen LogP contribution in [0.1, 0.15) is 31.0 Å². The first-order chi connectivity index (χ1) is 8.30. The number of methoxy groups -OCH3 is 2. The summed E-state index contributed by atoms with van der Waals surface area (Å²) < 4.78 is 10.3. The summed E-state index contributed by atoms with van der Waals surface area (Å²) in [6.45, 7) is 0. The highest BCUT2D eigenvalue weighted by molar-refractivity contribution is 5.26. The standard InChI is InChI=1S/C12H19N3O2/c1-13-10(8-5-4-6-8)11-12(17-3)15-9(16-2)7-14-11/h7-8,10,13H,4-6H2,1-3H3. The largest absolute Gasteiger partial charge is 0.480 e. The molecule has 0 amide bonds. The number of hydrogen-bond acceptors (Lipinski definition) is 5. The number of nitrogens with one attached hydrogen (secondary N) is 1. The van der Waals surface area contributed by atoms with E-state index in [1.54, 1.807) is 20.4 Å². The Kier molecular flexibility index (Phi) is 3.78. The second-order valence-electron chi connectivity index (χ2n) is 4.26. The van der Waals surface area contributed by atoms with Gasteiger partial charge >= 0.3 is 0 Å². The first-order valence-corrected chi connectivity index (χ1v) is 5.92. The summed E-state index contributed by atoms with van der Waals surface area (Å²) in [5.41, 5.74) is 0.875. The third-order valence-electron chi connectivity index (χ3n) is 3.37. The maximum Gasteiger partial charge on any atom is 0.240 e. The molecule has 17 heavy (non-hydrogen) atoms. The van der Waals surface area contributed by atoms with Crippen LogP contribution in [0.15, 0.2) is 6.20 Å². The zero-order valence-electron chi connectivity index (χ0n) is 10.6. The molecule has 0 radical (unpaired) electrons. The normalized spacial score (nSPS) is 17.4. The van der Waals surface area contributed by atoms with E-state index < -0.39 is 0 Å². The molecule has 0 spiro atoms. The summed E-state index contributed by atoms with van der Waals surface area (Å²) in [4.78, 5) is 8.69. The lowest BCUT2D eigenvalue weighted by Gasteiger charge is -2.33. The van der Waals surface area contributed by atoms with Crippen molar-refractivity contribution in [2.24, 2.45) is 5.92 Å². The van der Waals surface area contributed by atoms with Crippen molar-refractivity contribution >= 4 is 0 Å². The average Bonchev–Trinajstić information content (AvgIpc) is 2.32. The van der Waals surface area contributed by atoms with Gasteiger partial charge in [0.1, 0.15) is 5.69 Å². The zero-order valence-corrected chi connectivity index (χ0v) is 10.6. The maximum absolute atomic E-state index is 5.30. The van der Waals surface area contributed by atoms with Crippen molar-refractivity contribution in [1.29, 1.82) is 0 Å². The number of ether oxygens (including phenoxy) is 2. The van der Waals surface area contributed by atoms with Gasteiger partial charge in [-0.2, -0.15) is 4.98 Å². The Morgan fingerprint density at radius 2 is 2.12 bits per heavy atom. The summed E-state index contributed by atoms with van der Waals surface area (Å²) in [6, 6.07) is 0.220. The monoisotopic (exact) mass is 237 g/mol. The van der Waals surface area contributed by atoms with Crippen molar-refractivity contribution in [2.75, 3.05) is 21.3 Å². The van der Waals surface area contributed by atoms with Gasteiger partial charge in [0.15, 0.2) is 0 Å². The Morgan fingerprint density at radius 1 is 1.35 bits per heavy atom. The van der Waals surface area contributed by atoms with Crippen LogP contribution in [0.5, 0.6) is 11.8 Å². The highest BCUT2D eigenvalue weighted by Gasteiger charge is 2.31. The van der Waals surface area contributed by atoms with Gasteiger partial charge in [-0.05, 0) is 25.8 Å². The second kappa shape index (κ2) is 5.31. The minimum absolute atomic E-state index is 0.220. The summed E-state index contributed by atoms with van der Waals surface area (Å²) in [6.07, 6.45) is 5.42. The molecular formula is C12H19N3O2. The molecular weight excluding hydrogens is 218 g/mol. The highest BCUT2D eigenvalue weighted by Crippen LogP contribution is 2.39. The number of rotatable bonds is 5. The van der Waals surface area contributed by atoms with Gasteiger partial charge in [-0.1, -0.05) is 6.42 Å². The van der Waals surface area contributed by atoms with E-state index in [4.69, 9.17) is 9.47 Å². The molecule has 0 aromatic carbocycles. The number of aromatic nitrogens is 2. The van der Waals surface area contributed by atoms with E-state index in [1.165, 1.54) is 19.3 Å². The van der Waals surface area contributed by atoms with Crippen molar-refractivity contribution in [3.05, 3.63) is 11.9 Å². The maximum atomic E-state index is 5.30. The molecule has 5 nitrogen and oxygen atoms in total. The minimum atomic E-state index is 0.220. The van der Waals surface area contributed by atoms with Crippen molar-refractivity contribution in [2.45, 2.75) is 25.3 Å². The minimum Gasteiger partial charge on any atom is -0.480 e. The molecule has 0 saturated heterocycles. The van der Waals surface area contributed by atoms with Gasteiger partial charge in [0.2, 0.25) is 11.8 Å². The SMILES string of the molecule is CNC(c1ncc(OC)nc1OC)C1CCC1. The lowest BCUT2D eigenvalue weighted by Crippen LogP contribution is -2.31. The first kappa shape index (κ1) is 12.1. The van der Waals surface area contributed by atoms with Crippen LogP contribution in [0.4, 0.5) is 0 Å². The summed E-state index contributed by atoms with van der Waals surface area (Å²) in [5, 5.41) is 3.31. The van der Waals surface area contributed by atoms with E-state index in [9.17, 15) is 0 Å². The van der Waals surface area contributed by atoms with Crippen molar-refractivity contribution < 1.29 is 9.47 Å². The third kappa shape index (κ3) is 2.34. The molecule has 1 aromatic rings. The van der Waals surface area contributed by atoms with Gasteiger partial charge in [0.05, 0.1) is 26.5 Å². The third-order valence-corrected chi connectivity index (χ3v) is 3.37. The Balaban J connectivity index is 2.28. The lowest BCUT2D eigenvalue weighted by molar-refractivity contribution is 0.228. The zero-order chi connectivity index (χ0) is 12.3. The Labute approximate surface area is 102 Å². The van der Waals surface area contributed by atoms with Crippen LogP contribution in [-0.2, 0) is 0 Å². The van der Waals surface area contributed by atoms with Crippen LogP contribution in [0.3, 0.4) is 0 Å². The van der Waals surface area contributed by atoms with Crippen LogP contribution < -0.4 is 14.8 Å². The fraction of sp³-hybridized carbons (Fsp3) is 0.667. The average molecular weight is 237 g/mol. The van der Waals surface area contributed by atoms with Gasteiger partial charge in [0.25, 0.3) is 0 Å². The van der Waals surface area contributed by atoms with Gasteiger partial charge in [0, 0.05) is 0 Å². The molecule has 2 rings (SSSR count). The topological polar surface area (TPSA) is 56.3 Å². The van der Waals surface area contributed by atoms with Crippen molar-refractivity contribution in [1.82, 2.24) is 15.3 Å². The van der Waals surface area contributed by atoms with Crippen LogP contribution >= 0.6 is 0 Å². The predicted molar refractivity (Wildman–Crippen MR) is 64.3 cm³/mol. The summed E-state index contributed by atoms with van der Waals surface area (Å²) in [5.74, 6) is 1.67. The molecule has 0 aliphatic heterocycles. The predicted octanol–water partition coefficient (Wildman–Crippen LogP) is 1.55. The fourth-order valence-electron chi connectivity index (χ4n) is 2.20. The summed E-state index contributed by atoms with van der Waals surface area (Å²) >= 11 is 0. The Bertz CT molecular complexity index is 380. The Morgan fingerprint density at radius 3 is 2.59 bits per heavy atom. The second-order valence-corrected chi connectivity index (χ2v) is 4.26. The molecule has 1 unspecified atom stereocenters. The molecule has 1 N–H and O–H groups in total. The van der Waals surface area contributed by atoms with Gasteiger partial charge < -0.3 is 14.8 Å². The number of hydrogen-bond donors (Lipinski definition) is 1. The van der Waals surface area contributed by atoms with E-state index in [-0.39, 0.29) is 6.04 Å². The van der Waals surface area contributed by atoms with Crippen LogP contribution in [-0.4, -0.2) is 31.2 Å². The van der Waals surface area contributed by atoms with Crippen LogP contribution in [0.25, 0.3) is 0 Å². The van der Waals surface area contributed by atoms with Gasteiger partial charge in [-0.3, -0.25) is 0 Å². The van der Waals surface area contributed by atoms with E-state index in [0.717, 1.165) is 5.69 Å². The molecule has 1 saturated carbocycles.